The van der Waals surface area contributed by atoms with Gasteiger partial charge in [0.2, 0.25) is 0 Å². The highest BCUT2D eigenvalue weighted by Gasteiger charge is 2.28. The zero-order chi connectivity index (χ0) is 13.2. The average Bonchev–Trinajstić information content (AvgIpc) is 3.16. The van der Waals surface area contributed by atoms with Crippen molar-refractivity contribution in [2.75, 3.05) is 18.1 Å². The van der Waals surface area contributed by atoms with Crippen LogP contribution in [0, 0.1) is 0 Å². The Bertz CT molecular complexity index is 232. The number of hydrogen-bond donors (Lipinski definition) is 1. The fourth-order valence-electron chi connectivity index (χ4n) is 1.80. The summed E-state index contributed by atoms with van der Waals surface area (Å²) < 4.78 is 5.12. The Morgan fingerprint density at radius 3 is 2.72 bits per heavy atom. The van der Waals surface area contributed by atoms with Crippen LogP contribution in [0.15, 0.2) is 0 Å². The molecule has 1 fully saturated rings. The highest BCUT2D eigenvalue weighted by molar-refractivity contribution is 7.99. The summed E-state index contributed by atoms with van der Waals surface area (Å²) in [5.41, 5.74) is 0. The fourth-order valence-corrected chi connectivity index (χ4v) is 2.82. The summed E-state index contributed by atoms with van der Waals surface area (Å²) in [6.45, 7) is 4.57. The van der Waals surface area contributed by atoms with Gasteiger partial charge in [-0.05, 0) is 44.1 Å². The second kappa shape index (κ2) is 9.68. The number of esters is 1. The molecule has 3 nitrogen and oxygen atoms in total. The maximum atomic E-state index is 11.8. The van der Waals surface area contributed by atoms with E-state index in [1.54, 1.807) is 0 Å². The first-order valence-corrected chi connectivity index (χ1v) is 8.43. The molecule has 0 bridgehead atoms. The van der Waals surface area contributed by atoms with Gasteiger partial charge in [-0.15, -0.1) is 0 Å². The summed E-state index contributed by atoms with van der Waals surface area (Å²) in [5.74, 6) is 2.19. The van der Waals surface area contributed by atoms with E-state index in [-0.39, 0.29) is 12.0 Å². The molecule has 0 spiro atoms. The zero-order valence-electron chi connectivity index (χ0n) is 11.7. The van der Waals surface area contributed by atoms with E-state index in [4.69, 9.17) is 4.74 Å². The minimum Gasteiger partial charge on any atom is -0.465 e. The molecule has 4 heteroatoms. The first-order chi connectivity index (χ1) is 8.77. The number of thioether (sulfide) groups is 1. The Labute approximate surface area is 115 Å². The third kappa shape index (κ3) is 7.27. The van der Waals surface area contributed by atoms with Gasteiger partial charge < -0.3 is 10.1 Å². The standard InChI is InChI=1S/C14H27NO2S/c1-3-5-6-10-18-11-9-13(14(16)17-4-2)15-12-7-8-12/h12-13,15H,3-11H2,1-2H3. The van der Waals surface area contributed by atoms with Crippen molar-refractivity contribution in [1.29, 1.82) is 0 Å². The lowest BCUT2D eigenvalue weighted by Crippen LogP contribution is -2.39. The first-order valence-electron chi connectivity index (χ1n) is 7.28. The van der Waals surface area contributed by atoms with Crippen molar-refractivity contribution < 1.29 is 9.53 Å². The molecular weight excluding hydrogens is 246 g/mol. The van der Waals surface area contributed by atoms with Gasteiger partial charge in [-0.2, -0.15) is 11.8 Å². The van der Waals surface area contributed by atoms with Gasteiger partial charge in [-0.25, -0.2) is 0 Å². The van der Waals surface area contributed by atoms with E-state index < -0.39 is 0 Å². The largest absolute Gasteiger partial charge is 0.465 e. The Morgan fingerprint density at radius 2 is 2.11 bits per heavy atom. The Morgan fingerprint density at radius 1 is 1.33 bits per heavy atom. The lowest BCUT2D eigenvalue weighted by molar-refractivity contribution is -0.145. The van der Waals surface area contributed by atoms with Gasteiger partial charge in [-0.1, -0.05) is 19.8 Å². The molecule has 1 saturated carbocycles. The molecule has 0 aliphatic heterocycles. The molecule has 0 aromatic rings. The Hall–Kier alpha value is -0.220. The summed E-state index contributed by atoms with van der Waals surface area (Å²) in [5, 5.41) is 3.39. The monoisotopic (exact) mass is 273 g/mol. The highest BCUT2D eigenvalue weighted by atomic mass is 32.2. The van der Waals surface area contributed by atoms with E-state index >= 15 is 0 Å². The van der Waals surface area contributed by atoms with E-state index in [0.717, 1.165) is 12.2 Å². The molecular formula is C14H27NO2S. The second-order valence-electron chi connectivity index (χ2n) is 4.85. The third-order valence-electron chi connectivity index (χ3n) is 3.03. The van der Waals surface area contributed by atoms with Crippen LogP contribution in [0.1, 0.15) is 52.4 Å². The molecule has 0 aromatic heterocycles. The van der Waals surface area contributed by atoms with Crippen molar-refractivity contribution in [2.24, 2.45) is 0 Å². The van der Waals surface area contributed by atoms with Crippen molar-refractivity contribution in [3.05, 3.63) is 0 Å². The zero-order valence-corrected chi connectivity index (χ0v) is 12.6. The topological polar surface area (TPSA) is 38.3 Å². The molecule has 1 atom stereocenters. The maximum absolute atomic E-state index is 11.8. The molecule has 0 saturated heterocycles. The van der Waals surface area contributed by atoms with Crippen LogP contribution >= 0.6 is 11.8 Å². The van der Waals surface area contributed by atoms with Crippen LogP contribution < -0.4 is 5.32 Å². The van der Waals surface area contributed by atoms with Crippen LogP contribution in [0.3, 0.4) is 0 Å². The first kappa shape index (κ1) is 15.8. The Balaban J connectivity index is 2.12. The SMILES string of the molecule is CCCCCSCCC(NC1CC1)C(=O)OCC. The van der Waals surface area contributed by atoms with Crippen molar-refractivity contribution >= 4 is 17.7 Å². The lowest BCUT2D eigenvalue weighted by atomic mass is 10.2. The number of carbonyl (C=O) groups excluding carboxylic acids is 1. The van der Waals surface area contributed by atoms with Crippen LogP contribution in [-0.4, -0.2) is 36.2 Å². The summed E-state index contributed by atoms with van der Waals surface area (Å²) in [7, 11) is 0. The van der Waals surface area contributed by atoms with E-state index in [2.05, 4.69) is 12.2 Å². The summed E-state index contributed by atoms with van der Waals surface area (Å²) in [6, 6.07) is 0.473. The maximum Gasteiger partial charge on any atom is 0.323 e. The number of ether oxygens (including phenoxy) is 1. The van der Waals surface area contributed by atoms with Crippen molar-refractivity contribution in [2.45, 2.75) is 64.5 Å². The van der Waals surface area contributed by atoms with Crippen LogP contribution in [0.4, 0.5) is 0 Å². The third-order valence-corrected chi connectivity index (χ3v) is 4.13. The molecule has 0 heterocycles. The quantitative estimate of drug-likeness (QED) is 0.464. The smallest absolute Gasteiger partial charge is 0.323 e. The van der Waals surface area contributed by atoms with Gasteiger partial charge in [0.05, 0.1) is 6.61 Å². The number of hydrogen-bond acceptors (Lipinski definition) is 4. The summed E-state index contributed by atoms with van der Waals surface area (Å²) >= 11 is 1.96. The van der Waals surface area contributed by atoms with Gasteiger partial charge in [0.25, 0.3) is 0 Å². The number of rotatable bonds is 11. The fraction of sp³-hybridized carbons (Fsp3) is 0.929. The minimum atomic E-state index is -0.0869. The highest BCUT2D eigenvalue weighted by Crippen LogP contribution is 2.21. The molecule has 0 aromatic carbocycles. The van der Waals surface area contributed by atoms with Crippen LogP contribution in [0.5, 0.6) is 0 Å². The molecule has 1 rings (SSSR count). The lowest BCUT2D eigenvalue weighted by Gasteiger charge is -2.16. The molecule has 18 heavy (non-hydrogen) atoms. The summed E-state index contributed by atoms with van der Waals surface area (Å²) in [4.78, 5) is 11.8. The predicted octanol–water partition coefficient (Wildman–Crippen LogP) is 2.98. The molecule has 1 N–H and O–H groups in total. The summed E-state index contributed by atoms with van der Waals surface area (Å²) in [6.07, 6.45) is 7.19. The number of unbranched alkanes of at least 4 members (excludes halogenated alkanes) is 2. The van der Waals surface area contributed by atoms with Crippen LogP contribution in [-0.2, 0) is 9.53 Å². The van der Waals surface area contributed by atoms with Crippen molar-refractivity contribution in [1.82, 2.24) is 5.32 Å². The van der Waals surface area contributed by atoms with Crippen molar-refractivity contribution in [3.8, 4) is 0 Å². The number of carbonyl (C=O) groups is 1. The van der Waals surface area contributed by atoms with Gasteiger partial charge in [-0.3, -0.25) is 4.79 Å². The van der Waals surface area contributed by atoms with E-state index in [1.807, 2.05) is 18.7 Å². The van der Waals surface area contributed by atoms with Crippen molar-refractivity contribution in [3.63, 3.8) is 0 Å². The van der Waals surface area contributed by atoms with Gasteiger partial charge in [0.1, 0.15) is 6.04 Å². The molecule has 0 amide bonds. The number of nitrogens with one attached hydrogen (secondary N) is 1. The second-order valence-corrected chi connectivity index (χ2v) is 6.08. The molecule has 1 unspecified atom stereocenters. The Kier molecular flexibility index (Phi) is 8.51. The van der Waals surface area contributed by atoms with Gasteiger partial charge in [0, 0.05) is 6.04 Å². The predicted molar refractivity (Wildman–Crippen MR) is 78.0 cm³/mol. The van der Waals surface area contributed by atoms with Crippen LogP contribution in [0.2, 0.25) is 0 Å². The molecule has 0 radical (unpaired) electrons. The average molecular weight is 273 g/mol. The molecule has 1 aliphatic rings. The van der Waals surface area contributed by atoms with E-state index in [9.17, 15) is 4.79 Å². The van der Waals surface area contributed by atoms with Gasteiger partial charge >= 0.3 is 5.97 Å². The molecule has 106 valence electrons. The normalized spacial score (nSPS) is 16.6. The van der Waals surface area contributed by atoms with E-state index in [0.29, 0.717) is 12.6 Å². The minimum absolute atomic E-state index is 0.0708. The van der Waals surface area contributed by atoms with Crippen LogP contribution in [0.25, 0.3) is 0 Å². The molecule has 1 aliphatic carbocycles. The van der Waals surface area contributed by atoms with Gasteiger partial charge in [0.15, 0.2) is 0 Å². The van der Waals surface area contributed by atoms with E-state index in [1.165, 1.54) is 37.9 Å².